The summed E-state index contributed by atoms with van der Waals surface area (Å²) < 4.78 is 6.20. The van der Waals surface area contributed by atoms with E-state index in [0.717, 1.165) is 17.9 Å². The summed E-state index contributed by atoms with van der Waals surface area (Å²) in [5, 5.41) is 3.74. The van der Waals surface area contributed by atoms with Crippen molar-refractivity contribution in [1.29, 1.82) is 0 Å². The van der Waals surface area contributed by atoms with Crippen LogP contribution >= 0.6 is 0 Å². The normalized spacial score (nSPS) is 19.5. The fraction of sp³-hybridized carbons (Fsp3) is 0.400. The van der Waals surface area contributed by atoms with Gasteiger partial charge < -0.3 is 14.6 Å². The Morgan fingerprint density at radius 3 is 2.58 bits per heavy atom. The quantitative estimate of drug-likeness (QED) is 0.838. The smallest absolute Gasteiger partial charge is 0.229 e. The summed E-state index contributed by atoms with van der Waals surface area (Å²) in [6, 6.07) is 15.7. The van der Waals surface area contributed by atoms with Gasteiger partial charge in [0, 0.05) is 25.2 Å². The Labute approximate surface area is 146 Å². The fourth-order valence-electron chi connectivity index (χ4n) is 3.91. The second kappa shape index (κ2) is 6.52. The molecule has 0 amide bonds. The topological polar surface area (TPSA) is 24.5 Å². The predicted molar refractivity (Wildman–Crippen MR) is 104 cm³/mol. The number of nitrogens with one attached hydrogen (secondary N) is 1. The minimum atomic E-state index is -1.10. The van der Waals surface area contributed by atoms with Gasteiger partial charge in [-0.05, 0) is 49.2 Å². The fourth-order valence-corrected chi connectivity index (χ4v) is 4.66. The zero-order valence-electron chi connectivity index (χ0n) is 14.6. The molecule has 2 heterocycles. The summed E-state index contributed by atoms with van der Waals surface area (Å²) in [5.74, 6) is 1.09. The van der Waals surface area contributed by atoms with Crippen molar-refractivity contribution in [1.82, 2.24) is 0 Å². The van der Waals surface area contributed by atoms with E-state index in [9.17, 15) is 0 Å². The Morgan fingerprint density at radius 1 is 1.04 bits per heavy atom. The number of hydrogen-bond donors (Lipinski definition) is 1. The van der Waals surface area contributed by atoms with Crippen molar-refractivity contribution < 1.29 is 4.43 Å². The summed E-state index contributed by atoms with van der Waals surface area (Å²) in [6.07, 6.45) is 3.61. The van der Waals surface area contributed by atoms with Gasteiger partial charge in [0.1, 0.15) is 5.75 Å². The highest BCUT2D eigenvalue weighted by Gasteiger charge is 2.27. The molecule has 24 heavy (non-hydrogen) atoms. The Morgan fingerprint density at radius 2 is 1.83 bits per heavy atom. The van der Waals surface area contributed by atoms with E-state index in [2.05, 4.69) is 65.8 Å². The van der Waals surface area contributed by atoms with Crippen LogP contribution in [0.1, 0.15) is 30.0 Å². The van der Waals surface area contributed by atoms with Gasteiger partial charge in [0.25, 0.3) is 0 Å². The molecule has 2 aliphatic heterocycles. The summed E-state index contributed by atoms with van der Waals surface area (Å²) in [4.78, 5) is 2.54. The van der Waals surface area contributed by atoms with Crippen molar-refractivity contribution in [3.8, 4) is 5.75 Å². The average Bonchev–Trinajstić information content (AvgIpc) is 3.08. The molecule has 4 rings (SSSR count). The van der Waals surface area contributed by atoms with Gasteiger partial charge in [0.05, 0.1) is 11.7 Å². The lowest BCUT2D eigenvalue weighted by atomic mass is 9.92. The van der Waals surface area contributed by atoms with Crippen LogP contribution in [0.15, 0.2) is 42.5 Å². The van der Waals surface area contributed by atoms with Gasteiger partial charge in [-0.2, -0.15) is 0 Å². The van der Waals surface area contributed by atoms with Crippen LogP contribution in [0.4, 0.5) is 11.4 Å². The first kappa shape index (κ1) is 15.6. The third kappa shape index (κ3) is 2.91. The zero-order chi connectivity index (χ0) is 16.5. The zero-order valence-corrected chi connectivity index (χ0v) is 15.7. The molecule has 0 radical (unpaired) electrons. The lowest BCUT2D eigenvalue weighted by Crippen LogP contribution is -2.26. The number of hydrogen-bond acceptors (Lipinski definition) is 3. The van der Waals surface area contributed by atoms with E-state index in [1.165, 1.54) is 42.7 Å². The summed E-state index contributed by atoms with van der Waals surface area (Å²) in [6.45, 7) is 6.81. The minimum Gasteiger partial charge on any atom is -0.545 e. The van der Waals surface area contributed by atoms with Gasteiger partial charge >= 0.3 is 0 Å². The molecule has 126 valence electrons. The van der Waals surface area contributed by atoms with Gasteiger partial charge in [-0.1, -0.05) is 30.3 Å². The molecule has 3 nitrogen and oxygen atoms in total. The van der Waals surface area contributed by atoms with Crippen LogP contribution in [-0.4, -0.2) is 22.1 Å². The maximum Gasteiger partial charge on any atom is 0.229 e. The molecule has 1 unspecified atom stereocenters. The largest absolute Gasteiger partial charge is 0.545 e. The van der Waals surface area contributed by atoms with Crippen LogP contribution in [0.2, 0.25) is 13.1 Å². The summed E-state index contributed by atoms with van der Waals surface area (Å²) in [7, 11) is -1.10. The first-order valence-electron chi connectivity index (χ1n) is 9.11. The molecule has 0 saturated carbocycles. The van der Waals surface area contributed by atoms with Crippen molar-refractivity contribution in [2.75, 3.05) is 23.3 Å². The van der Waals surface area contributed by atoms with E-state index in [4.69, 9.17) is 4.43 Å². The first-order chi connectivity index (χ1) is 11.7. The predicted octanol–water partition coefficient (Wildman–Crippen LogP) is 4.36. The van der Waals surface area contributed by atoms with Gasteiger partial charge in [-0.15, -0.1) is 0 Å². The van der Waals surface area contributed by atoms with E-state index in [0.29, 0.717) is 6.04 Å². The van der Waals surface area contributed by atoms with Crippen molar-refractivity contribution in [2.24, 2.45) is 0 Å². The monoisotopic (exact) mass is 338 g/mol. The van der Waals surface area contributed by atoms with Gasteiger partial charge in [0.15, 0.2) is 0 Å². The molecule has 2 aromatic rings. The van der Waals surface area contributed by atoms with Gasteiger partial charge in [0.2, 0.25) is 9.04 Å². The SMILES string of the molecule is C[SiH](C)Oc1c2cccc1NC(c1ccccc1N1CCCC1)C2. The highest BCUT2D eigenvalue weighted by molar-refractivity contribution is 6.49. The molecule has 0 spiro atoms. The van der Waals surface area contributed by atoms with Crippen LogP contribution in [-0.2, 0) is 6.42 Å². The van der Waals surface area contributed by atoms with Crippen molar-refractivity contribution in [2.45, 2.75) is 38.4 Å². The lowest BCUT2D eigenvalue weighted by Gasteiger charge is -2.33. The van der Waals surface area contributed by atoms with E-state index in [1.807, 2.05) is 0 Å². The average molecular weight is 339 g/mol. The van der Waals surface area contributed by atoms with Crippen LogP contribution in [0.3, 0.4) is 0 Å². The Kier molecular flexibility index (Phi) is 4.23. The third-order valence-corrected chi connectivity index (χ3v) is 5.67. The van der Waals surface area contributed by atoms with Crippen LogP contribution in [0, 0.1) is 0 Å². The van der Waals surface area contributed by atoms with E-state index in [-0.39, 0.29) is 0 Å². The molecule has 2 bridgehead atoms. The Bertz CT molecular complexity index is 701. The Hall–Kier alpha value is -1.94. The second-order valence-electron chi connectivity index (χ2n) is 7.11. The van der Waals surface area contributed by atoms with Crippen molar-refractivity contribution in [3.63, 3.8) is 0 Å². The number of anilines is 2. The molecule has 0 aliphatic carbocycles. The van der Waals surface area contributed by atoms with Gasteiger partial charge in [-0.25, -0.2) is 0 Å². The van der Waals surface area contributed by atoms with Crippen LogP contribution < -0.4 is 14.6 Å². The summed E-state index contributed by atoms with van der Waals surface area (Å²) in [5.41, 5.74) is 5.31. The van der Waals surface area contributed by atoms with Crippen molar-refractivity contribution in [3.05, 3.63) is 53.6 Å². The molecule has 4 heteroatoms. The van der Waals surface area contributed by atoms with E-state index in [1.54, 1.807) is 0 Å². The Balaban J connectivity index is 1.65. The summed E-state index contributed by atoms with van der Waals surface area (Å²) >= 11 is 0. The molecular formula is C20H26N2OSi. The van der Waals surface area contributed by atoms with Crippen LogP contribution in [0.25, 0.3) is 0 Å². The standard InChI is InChI=1S/C20H26N2OSi/c1-24(2)23-20-15-8-7-10-17(20)21-18(14-15)16-9-3-4-11-19(16)22-12-5-6-13-22/h3-4,7-11,18,21,24H,5-6,12-14H2,1-2H3. The number of para-hydroxylation sites is 2. The molecule has 1 N–H and O–H groups in total. The minimum absolute atomic E-state index is 0.328. The maximum atomic E-state index is 6.20. The number of benzene rings is 2. The van der Waals surface area contributed by atoms with E-state index < -0.39 is 9.04 Å². The lowest BCUT2D eigenvalue weighted by molar-refractivity contribution is 0.556. The molecule has 1 saturated heterocycles. The maximum absolute atomic E-state index is 6.20. The molecule has 2 aliphatic rings. The number of rotatable bonds is 4. The van der Waals surface area contributed by atoms with Gasteiger partial charge in [-0.3, -0.25) is 0 Å². The van der Waals surface area contributed by atoms with Crippen LogP contribution in [0.5, 0.6) is 5.75 Å². The number of fused-ring (bicyclic) bond motifs is 2. The molecule has 2 aromatic carbocycles. The number of nitrogens with zero attached hydrogens (tertiary/aromatic N) is 1. The second-order valence-corrected chi connectivity index (χ2v) is 9.45. The molecular weight excluding hydrogens is 312 g/mol. The van der Waals surface area contributed by atoms with Crippen molar-refractivity contribution >= 4 is 20.4 Å². The highest BCUT2D eigenvalue weighted by Crippen LogP contribution is 2.42. The third-order valence-electron chi connectivity index (χ3n) is 4.96. The highest BCUT2D eigenvalue weighted by atomic mass is 28.3. The molecule has 1 atom stereocenters. The first-order valence-corrected chi connectivity index (χ1v) is 11.9. The molecule has 1 fully saturated rings. The van der Waals surface area contributed by atoms with E-state index >= 15 is 0 Å². The molecule has 0 aromatic heterocycles.